The van der Waals surface area contributed by atoms with Crippen LogP contribution in [0.15, 0.2) is 0 Å². The van der Waals surface area contributed by atoms with Crippen molar-refractivity contribution in [3.8, 4) is 0 Å². The van der Waals surface area contributed by atoms with Gasteiger partial charge in [-0.05, 0) is 26.1 Å². The minimum atomic E-state index is -0.687. The van der Waals surface area contributed by atoms with E-state index in [1.165, 1.54) is 6.92 Å². The van der Waals surface area contributed by atoms with Crippen LogP contribution in [0.1, 0.15) is 20.8 Å². The number of hydrogen-bond acceptors (Lipinski definition) is 7. The summed E-state index contributed by atoms with van der Waals surface area (Å²) >= 11 is 5.08. The third kappa shape index (κ3) is 2.48. The molecule has 3 aliphatic heterocycles. The normalized spacial score (nSPS) is 41.4. The van der Waals surface area contributed by atoms with Crippen LogP contribution in [0.5, 0.6) is 0 Å². The molecular weight excluding hydrogens is 286 g/mol. The largest absolute Gasteiger partial charge is 0.462 e. The van der Waals surface area contributed by atoms with Crippen molar-refractivity contribution in [1.82, 2.24) is 5.32 Å². The third-order valence-corrected chi connectivity index (χ3v) is 3.66. The summed E-state index contributed by atoms with van der Waals surface area (Å²) in [6, 6.07) is -0.177. The highest BCUT2D eigenvalue weighted by atomic mass is 32.1. The van der Waals surface area contributed by atoms with Crippen molar-refractivity contribution in [3.63, 3.8) is 0 Å². The molecule has 0 radical (unpaired) electrons. The molecule has 112 valence electrons. The van der Waals surface area contributed by atoms with E-state index in [1.54, 1.807) is 0 Å². The maximum Gasteiger partial charge on any atom is 0.302 e. The van der Waals surface area contributed by atoms with Crippen LogP contribution in [-0.4, -0.2) is 54.2 Å². The topological polar surface area (TPSA) is 75.3 Å². The summed E-state index contributed by atoms with van der Waals surface area (Å²) < 4.78 is 27.8. The van der Waals surface area contributed by atoms with Crippen LogP contribution < -0.4 is 5.32 Å². The van der Waals surface area contributed by atoms with Crippen LogP contribution in [-0.2, 0) is 28.5 Å². The molecule has 0 aliphatic carbocycles. The van der Waals surface area contributed by atoms with Crippen molar-refractivity contribution in [2.75, 3.05) is 6.61 Å². The molecule has 0 bridgehead atoms. The van der Waals surface area contributed by atoms with Gasteiger partial charge >= 0.3 is 5.97 Å². The van der Waals surface area contributed by atoms with E-state index in [0.29, 0.717) is 0 Å². The first-order valence-electron chi connectivity index (χ1n) is 6.47. The quantitative estimate of drug-likeness (QED) is 0.567. The molecule has 0 aromatic heterocycles. The average Bonchev–Trinajstić information content (AvgIpc) is 2.79. The number of carbonyl (C=O) groups excluding carboxylic acids is 1. The molecule has 0 saturated carbocycles. The van der Waals surface area contributed by atoms with Gasteiger partial charge in [0.2, 0.25) is 0 Å². The van der Waals surface area contributed by atoms with E-state index >= 15 is 0 Å². The Balaban J connectivity index is 1.73. The summed E-state index contributed by atoms with van der Waals surface area (Å²) in [6.07, 6.45) is -1.54. The van der Waals surface area contributed by atoms with Crippen molar-refractivity contribution in [3.05, 3.63) is 0 Å². The Kier molecular flexibility index (Phi) is 3.36. The Hall–Kier alpha value is -0.960. The second kappa shape index (κ2) is 4.80. The van der Waals surface area contributed by atoms with Crippen molar-refractivity contribution in [2.45, 2.75) is 57.2 Å². The van der Waals surface area contributed by atoms with Crippen LogP contribution in [0, 0.1) is 0 Å². The maximum atomic E-state index is 10.9. The number of fused-ring (bicyclic) bond motifs is 3. The molecular formula is C12H17NO6S. The SMILES string of the molecule is CC(=O)OC[C@@H]1OC(=S)N[C@@H]2[C@H]3OC(C)(C)O[C@H]3O[C@@H]21. The summed E-state index contributed by atoms with van der Waals surface area (Å²) in [5.74, 6) is -1.06. The smallest absolute Gasteiger partial charge is 0.302 e. The summed E-state index contributed by atoms with van der Waals surface area (Å²) in [4.78, 5) is 10.9. The predicted molar refractivity (Wildman–Crippen MR) is 69.7 cm³/mol. The zero-order valence-corrected chi connectivity index (χ0v) is 12.3. The minimum absolute atomic E-state index is 0.0845. The first kappa shape index (κ1) is 14.0. The van der Waals surface area contributed by atoms with E-state index in [9.17, 15) is 4.79 Å². The number of carbonyl (C=O) groups is 1. The zero-order chi connectivity index (χ0) is 14.5. The highest BCUT2D eigenvalue weighted by Crippen LogP contribution is 2.39. The average molecular weight is 303 g/mol. The zero-order valence-electron chi connectivity index (χ0n) is 11.5. The number of thiocarbonyl (C=S) groups is 1. The van der Waals surface area contributed by atoms with Crippen LogP contribution in [0.2, 0.25) is 0 Å². The summed E-state index contributed by atoms with van der Waals surface area (Å²) in [6.45, 7) is 5.09. The number of hydrogen-bond donors (Lipinski definition) is 1. The molecule has 0 amide bonds. The lowest BCUT2D eigenvalue weighted by Gasteiger charge is -2.36. The van der Waals surface area contributed by atoms with E-state index in [4.69, 9.17) is 35.9 Å². The summed E-state index contributed by atoms with van der Waals surface area (Å²) in [5.41, 5.74) is 0. The Morgan fingerprint density at radius 2 is 2.15 bits per heavy atom. The molecule has 0 aromatic carbocycles. The number of nitrogens with one attached hydrogen (secondary N) is 1. The fourth-order valence-electron chi connectivity index (χ4n) is 2.72. The molecule has 3 rings (SSSR count). The molecule has 3 heterocycles. The number of ether oxygens (including phenoxy) is 5. The van der Waals surface area contributed by atoms with E-state index in [2.05, 4.69) is 5.32 Å². The molecule has 0 aromatic rings. The Bertz CT molecular complexity index is 442. The minimum Gasteiger partial charge on any atom is -0.462 e. The molecule has 0 unspecified atom stereocenters. The number of esters is 1. The van der Waals surface area contributed by atoms with Crippen LogP contribution in [0.3, 0.4) is 0 Å². The van der Waals surface area contributed by atoms with Gasteiger partial charge in [-0.3, -0.25) is 4.79 Å². The van der Waals surface area contributed by atoms with Gasteiger partial charge in [0, 0.05) is 6.92 Å². The summed E-state index contributed by atoms with van der Waals surface area (Å²) in [7, 11) is 0. The van der Waals surface area contributed by atoms with Gasteiger partial charge in [0.05, 0.1) is 6.04 Å². The van der Waals surface area contributed by atoms with Gasteiger partial charge in [-0.2, -0.15) is 0 Å². The predicted octanol–water partition coefficient (Wildman–Crippen LogP) is 0.0678. The van der Waals surface area contributed by atoms with Crippen molar-refractivity contribution in [2.24, 2.45) is 0 Å². The second-order valence-electron chi connectivity index (χ2n) is 5.49. The lowest BCUT2D eigenvalue weighted by atomic mass is 10.0. The Labute approximate surface area is 121 Å². The third-order valence-electron chi connectivity index (χ3n) is 3.45. The van der Waals surface area contributed by atoms with Crippen molar-refractivity contribution >= 4 is 23.4 Å². The van der Waals surface area contributed by atoms with E-state index in [1.807, 2.05) is 13.8 Å². The second-order valence-corrected chi connectivity index (χ2v) is 5.86. The molecule has 3 aliphatic rings. The van der Waals surface area contributed by atoms with Gasteiger partial charge in [-0.15, -0.1) is 0 Å². The van der Waals surface area contributed by atoms with Gasteiger partial charge in [-0.25, -0.2) is 0 Å². The van der Waals surface area contributed by atoms with Crippen LogP contribution >= 0.6 is 12.2 Å². The first-order valence-corrected chi connectivity index (χ1v) is 6.88. The maximum absolute atomic E-state index is 10.9. The van der Waals surface area contributed by atoms with E-state index in [-0.39, 0.29) is 36.0 Å². The molecule has 0 spiro atoms. The molecule has 20 heavy (non-hydrogen) atoms. The van der Waals surface area contributed by atoms with E-state index < -0.39 is 18.2 Å². The molecule has 3 saturated heterocycles. The van der Waals surface area contributed by atoms with Crippen molar-refractivity contribution in [1.29, 1.82) is 0 Å². The van der Waals surface area contributed by atoms with Crippen molar-refractivity contribution < 1.29 is 28.5 Å². The van der Waals surface area contributed by atoms with Gasteiger partial charge in [0.25, 0.3) is 5.17 Å². The lowest BCUT2D eigenvalue weighted by Crippen LogP contribution is -2.59. The van der Waals surface area contributed by atoms with E-state index in [0.717, 1.165) is 0 Å². The Morgan fingerprint density at radius 3 is 2.85 bits per heavy atom. The fourth-order valence-corrected chi connectivity index (χ4v) is 2.98. The molecule has 3 fully saturated rings. The monoisotopic (exact) mass is 303 g/mol. The molecule has 1 N–H and O–H groups in total. The van der Waals surface area contributed by atoms with Crippen LogP contribution in [0.4, 0.5) is 0 Å². The standard InChI is InChI=1S/C12H17NO6S/c1-5(14)15-4-6-8-7(13-11(20)16-6)9-10(17-8)19-12(2,3)18-9/h6-10H,4H2,1-3H3,(H,13,20)/t6-,7-,8+,9+,10+/m0/s1. The Morgan fingerprint density at radius 1 is 1.40 bits per heavy atom. The molecule has 7 nitrogen and oxygen atoms in total. The fraction of sp³-hybridized carbons (Fsp3) is 0.833. The summed E-state index contributed by atoms with van der Waals surface area (Å²) in [5, 5.41) is 3.29. The van der Waals surface area contributed by atoms with Crippen LogP contribution in [0.25, 0.3) is 0 Å². The lowest BCUT2D eigenvalue weighted by molar-refractivity contribution is -0.220. The molecule has 8 heteroatoms. The van der Waals surface area contributed by atoms with Gasteiger partial charge in [0.1, 0.15) is 18.8 Å². The van der Waals surface area contributed by atoms with Gasteiger partial charge < -0.3 is 29.0 Å². The first-order chi connectivity index (χ1) is 9.35. The van der Waals surface area contributed by atoms with Gasteiger partial charge in [0.15, 0.2) is 18.2 Å². The molecule has 5 atom stereocenters. The highest BCUT2D eigenvalue weighted by molar-refractivity contribution is 7.80. The highest BCUT2D eigenvalue weighted by Gasteiger charge is 2.59. The van der Waals surface area contributed by atoms with Gasteiger partial charge in [-0.1, -0.05) is 0 Å². The number of rotatable bonds is 2.